The van der Waals surface area contributed by atoms with Crippen molar-refractivity contribution >= 4 is 17.1 Å². The van der Waals surface area contributed by atoms with E-state index in [1.165, 1.54) is 6.42 Å². The number of imidazole rings is 1. The molecule has 3 N–H and O–H groups in total. The Bertz CT molecular complexity index is 571. The first kappa shape index (κ1) is 12.2. The lowest BCUT2D eigenvalue weighted by Crippen LogP contribution is -2.29. The molecule has 0 amide bonds. The molecular weight excluding hydrogens is 242 g/mol. The number of nitrogen functional groups attached to an aromatic ring is 1. The molecule has 0 aromatic carbocycles. The second-order valence-electron chi connectivity index (χ2n) is 5.65. The molecule has 1 aliphatic carbocycles. The van der Waals surface area contributed by atoms with Crippen molar-refractivity contribution in [3.05, 3.63) is 6.33 Å². The highest BCUT2D eigenvalue weighted by Crippen LogP contribution is 2.32. The van der Waals surface area contributed by atoms with Gasteiger partial charge in [0.05, 0.1) is 6.33 Å². The number of aromatic nitrogens is 4. The molecule has 0 bridgehead atoms. The summed E-state index contributed by atoms with van der Waals surface area (Å²) in [5.74, 6) is 2.09. The maximum absolute atomic E-state index is 6.05. The lowest BCUT2D eigenvalue weighted by atomic mass is 9.82. The summed E-state index contributed by atoms with van der Waals surface area (Å²) in [6.45, 7) is 4.54. The van der Waals surface area contributed by atoms with E-state index < -0.39 is 0 Å². The Morgan fingerprint density at radius 2 is 1.95 bits per heavy atom. The monoisotopic (exact) mass is 261 g/mol. The molecule has 2 atom stereocenters. The van der Waals surface area contributed by atoms with Gasteiger partial charge in [-0.2, -0.15) is 9.97 Å². The van der Waals surface area contributed by atoms with Crippen molar-refractivity contribution in [2.24, 2.45) is 11.8 Å². The molecule has 0 aliphatic heterocycles. The average Bonchev–Trinajstić information content (AvgIpc) is 2.75. The number of hydrogen-bond donors (Lipinski definition) is 2. The summed E-state index contributed by atoms with van der Waals surface area (Å²) in [5.41, 5.74) is 6.96. The van der Waals surface area contributed by atoms with Crippen molar-refractivity contribution in [1.29, 1.82) is 0 Å². The highest BCUT2D eigenvalue weighted by atomic mass is 16.5. The number of fused-ring (bicyclic) bond motifs is 1. The zero-order chi connectivity index (χ0) is 13.4. The maximum Gasteiger partial charge on any atom is 0.245 e. The van der Waals surface area contributed by atoms with E-state index in [4.69, 9.17) is 10.5 Å². The Labute approximate surface area is 111 Å². The molecule has 6 heteroatoms. The summed E-state index contributed by atoms with van der Waals surface area (Å²) in [6, 6.07) is 0. The average molecular weight is 261 g/mol. The molecular formula is C13H19N5O. The molecule has 6 nitrogen and oxygen atoms in total. The van der Waals surface area contributed by atoms with Gasteiger partial charge in [0.1, 0.15) is 11.6 Å². The summed E-state index contributed by atoms with van der Waals surface area (Å²) in [7, 11) is 0. The quantitative estimate of drug-likeness (QED) is 0.864. The van der Waals surface area contributed by atoms with E-state index in [2.05, 4.69) is 33.8 Å². The van der Waals surface area contributed by atoms with Crippen molar-refractivity contribution in [3.63, 3.8) is 0 Å². The normalized spacial score (nSPS) is 27.6. The van der Waals surface area contributed by atoms with Gasteiger partial charge in [-0.3, -0.25) is 0 Å². The standard InChI is InChI=1S/C13H19N5O/c1-7-3-8(2)5-9(4-7)19-12-10-11(16-6-15-10)17-13(14)18-12/h6-9H,3-5H2,1-2H3,(H3,14,15,16,17,18). The van der Waals surface area contributed by atoms with E-state index in [0.29, 0.717) is 23.4 Å². The molecule has 1 aliphatic rings. The SMILES string of the molecule is CC1CC(C)CC(Oc2nc(N)nc3nc[nH]c23)C1. The van der Waals surface area contributed by atoms with Crippen molar-refractivity contribution in [2.45, 2.75) is 39.2 Å². The van der Waals surface area contributed by atoms with Crippen LogP contribution in [0.25, 0.3) is 11.2 Å². The number of H-pyrrole nitrogens is 1. The second-order valence-corrected chi connectivity index (χ2v) is 5.65. The number of nitrogens with zero attached hydrogens (tertiary/aromatic N) is 3. The van der Waals surface area contributed by atoms with Gasteiger partial charge in [0.15, 0.2) is 5.65 Å². The molecule has 2 aromatic rings. The predicted octanol–water partition coefficient (Wildman–Crippen LogP) is 2.14. The van der Waals surface area contributed by atoms with Crippen LogP contribution in [0.15, 0.2) is 6.33 Å². The van der Waals surface area contributed by atoms with Gasteiger partial charge in [-0.15, -0.1) is 0 Å². The molecule has 2 unspecified atom stereocenters. The van der Waals surface area contributed by atoms with Gasteiger partial charge < -0.3 is 15.5 Å². The van der Waals surface area contributed by atoms with Crippen LogP contribution in [0, 0.1) is 11.8 Å². The van der Waals surface area contributed by atoms with Crippen LogP contribution in [0.4, 0.5) is 5.95 Å². The number of anilines is 1. The zero-order valence-corrected chi connectivity index (χ0v) is 11.3. The van der Waals surface area contributed by atoms with Crippen LogP contribution in [0.5, 0.6) is 5.88 Å². The zero-order valence-electron chi connectivity index (χ0n) is 11.3. The van der Waals surface area contributed by atoms with Gasteiger partial charge in [-0.1, -0.05) is 13.8 Å². The molecule has 19 heavy (non-hydrogen) atoms. The summed E-state index contributed by atoms with van der Waals surface area (Å²) < 4.78 is 6.05. The van der Waals surface area contributed by atoms with Gasteiger partial charge in [-0.25, -0.2) is 4.98 Å². The van der Waals surface area contributed by atoms with Crippen LogP contribution in [-0.4, -0.2) is 26.0 Å². The van der Waals surface area contributed by atoms with Crippen LogP contribution >= 0.6 is 0 Å². The topological polar surface area (TPSA) is 89.7 Å². The van der Waals surface area contributed by atoms with E-state index in [9.17, 15) is 0 Å². The summed E-state index contributed by atoms with van der Waals surface area (Å²) in [6.07, 6.45) is 5.16. The lowest BCUT2D eigenvalue weighted by Gasteiger charge is -2.31. The number of nitrogens with one attached hydrogen (secondary N) is 1. The molecule has 0 spiro atoms. The minimum atomic E-state index is 0.194. The first-order valence-electron chi connectivity index (χ1n) is 6.75. The molecule has 102 valence electrons. The second kappa shape index (κ2) is 4.68. The Kier molecular flexibility index (Phi) is 3.00. The first-order chi connectivity index (χ1) is 9.11. The Morgan fingerprint density at radius 1 is 1.21 bits per heavy atom. The molecule has 2 heterocycles. The lowest BCUT2D eigenvalue weighted by molar-refractivity contribution is 0.0981. The number of hydrogen-bond acceptors (Lipinski definition) is 5. The van der Waals surface area contributed by atoms with Gasteiger partial charge in [0.25, 0.3) is 0 Å². The van der Waals surface area contributed by atoms with Crippen LogP contribution in [-0.2, 0) is 0 Å². The minimum Gasteiger partial charge on any atom is -0.473 e. The fourth-order valence-corrected chi connectivity index (χ4v) is 3.04. The number of ether oxygens (including phenoxy) is 1. The fourth-order valence-electron chi connectivity index (χ4n) is 3.04. The minimum absolute atomic E-state index is 0.194. The fraction of sp³-hybridized carbons (Fsp3) is 0.615. The number of aromatic amines is 1. The molecule has 1 saturated carbocycles. The summed E-state index contributed by atoms with van der Waals surface area (Å²) in [4.78, 5) is 15.4. The largest absolute Gasteiger partial charge is 0.473 e. The Balaban J connectivity index is 1.86. The van der Waals surface area contributed by atoms with Crippen LogP contribution in [0.3, 0.4) is 0 Å². The number of rotatable bonds is 2. The highest BCUT2D eigenvalue weighted by molar-refractivity contribution is 5.76. The smallest absolute Gasteiger partial charge is 0.245 e. The van der Waals surface area contributed by atoms with E-state index in [1.807, 2.05) is 0 Å². The van der Waals surface area contributed by atoms with Gasteiger partial charge in [0.2, 0.25) is 11.8 Å². The Hall–Kier alpha value is -1.85. The predicted molar refractivity (Wildman–Crippen MR) is 72.7 cm³/mol. The Morgan fingerprint density at radius 3 is 2.68 bits per heavy atom. The third-order valence-electron chi connectivity index (χ3n) is 3.68. The van der Waals surface area contributed by atoms with Crippen LogP contribution < -0.4 is 10.5 Å². The van der Waals surface area contributed by atoms with Gasteiger partial charge in [-0.05, 0) is 31.1 Å². The third kappa shape index (κ3) is 2.47. The van der Waals surface area contributed by atoms with Gasteiger partial charge in [0, 0.05) is 0 Å². The molecule has 2 aromatic heterocycles. The highest BCUT2D eigenvalue weighted by Gasteiger charge is 2.26. The van der Waals surface area contributed by atoms with E-state index in [0.717, 1.165) is 18.4 Å². The van der Waals surface area contributed by atoms with Crippen molar-refractivity contribution in [2.75, 3.05) is 5.73 Å². The van der Waals surface area contributed by atoms with Crippen molar-refractivity contribution in [3.8, 4) is 5.88 Å². The molecule has 0 saturated heterocycles. The van der Waals surface area contributed by atoms with E-state index >= 15 is 0 Å². The summed E-state index contributed by atoms with van der Waals surface area (Å²) in [5, 5.41) is 0. The number of nitrogens with two attached hydrogens (primary N) is 1. The van der Waals surface area contributed by atoms with Crippen molar-refractivity contribution in [1.82, 2.24) is 19.9 Å². The van der Waals surface area contributed by atoms with Crippen LogP contribution in [0.2, 0.25) is 0 Å². The molecule has 1 fully saturated rings. The summed E-state index contributed by atoms with van der Waals surface area (Å²) >= 11 is 0. The van der Waals surface area contributed by atoms with Crippen LogP contribution in [0.1, 0.15) is 33.1 Å². The molecule has 0 radical (unpaired) electrons. The van der Waals surface area contributed by atoms with E-state index in [1.54, 1.807) is 6.33 Å². The molecule has 3 rings (SSSR count). The third-order valence-corrected chi connectivity index (χ3v) is 3.68. The van der Waals surface area contributed by atoms with Gasteiger partial charge >= 0.3 is 0 Å². The van der Waals surface area contributed by atoms with E-state index in [-0.39, 0.29) is 12.1 Å². The first-order valence-corrected chi connectivity index (χ1v) is 6.75. The maximum atomic E-state index is 6.05. The van der Waals surface area contributed by atoms with Crippen molar-refractivity contribution < 1.29 is 4.74 Å².